The molecule has 0 spiro atoms. The van der Waals surface area contributed by atoms with Crippen molar-refractivity contribution in [1.82, 2.24) is 24.7 Å². The lowest BCUT2D eigenvalue weighted by molar-refractivity contribution is 0.102. The zero-order valence-corrected chi connectivity index (χ0v) is 22.9. The molecule has 0 radical (unpaired) electrons. The second-order valence-electron chi connectivity index (χ2n) is 8.31. The molecule has 4 rings (SSSR count). The number of nitrogens with two attached hydrogens (primary N) is 1. The first kappa shape index (κ1) is 28.9. The predicted octanol–water partition coefficient (Wildman–Crippen LogP) is 3.67. The summed E-state index contributed by atoms with van der Waals surface area (Å²) in [5.74, 6) is -0.0383. The van der Waals surface area contributed by atoms with E-state index in [1.165, 1.54) is 48.6 Å². The summed E-state index contributed by atoms with van der Waals surface area (Å²) in [6.45, 7) is 1.80. The monoisotopic (exact) mass is 582 g/mol. The molecule has 212 valence electrons. The number of methoxy groups -OCH3 is 1. The van der Waals surface area contributed by atoms with Crippen molar-refractivity contribution in [3.63, 3.8) is 0 Å². The SMILES string of the molecule is CN=C/C(=C\N)OCc1nnc(NC(=O)c2cnc(-n3ccc(C)cc3=O)cc2-c2cc(C(F)F)ncc2OC)s1. The maximum Gasteiger partial charge on any atom is 0.280 e. The third kappa shape index (κ3) is 6.75. The van der Waals surface area contributed by atoms with Crippen LogP contribution in [0.5, 0.6) is 5.75 Å². The molecule has 0 aliphatic rings. The van der Waals surface area contributed by atoms with Crippen LogP contribution in [0.1, 0.15) is 33.0 Å². The molecule has 1 amide bonds. The van der Waals surface area contributed by atoms with Gasteiger partial charge in [0.25, 0.3) is 17.9 Å². The van der Waals surface area contributed by atoms with Crippen molar-refractivity contribution >= 4 is 28.6 Å². The molecular formula is C26H24F2N8O4S. The molecule has 0 bridgehead atoms. The molecule has 0 fully saturated rings. The number of nitrogens with one attached hydrogen (secondary N) is 1. The number of rotatable bonds is 10. The van der Waals surface area contributed by atoms with Crippen molar-refractivity contribution in [2.75, 3.05) is 19.5 Å². The normalized spacial score (nSPS) is 11.7. The van der Waals surface area contributed by atoms with Gasteiger partial charge in [-0.1, -0.05) is 11.3 Å². The van der Waals surface area contributed by atoms with Crippen LogP contribution in [-0.2, 0) is 11.3 Å². The first-order chi connectivity index (χ1) is 19.7. The Morgan fingerprint density at radius 3 is 2.71 bits per heavy atom. The van der Waals surface area contributed by atoms with E-state index in [4.69, 9.17) is 15.2 Å². The number of aliphatic imine (C=N–C) groups is 1. The summed E-state index contributed by atoms with van der Waals surface area (Å²) >= 11 is 1.05. The van der Waals surface area contributed by atoms with E-state index in [2.05, 4.69) is 30.5 Å². The minimum Gasteiger partial charge on any atom is -0.494 e. The molecule has 0 atom stereocenters. The van der Waals surface area contributed by atoms with Crippen LogP contribution in [0, 0.1) is 6.92 Å². The summed E-state index contributed by atoms with van der Waals surface area (Å²) in [5, 5.41) is 11.2. The van der Waals surface area contributed by atoms with Gasteiger partial charge in [0.2, 0.25) is 5.13 Å². The second-order valence-corrected chi connectivity index (χ2v) is 9.37. The number of hydrogen-bond donors (Lipinski definition) is 2. The van der Waals surface area contributed by atoms with Gasteiger partial charge in [-0.25, -0.2) is 13.8 Å². The molecule has 0 saturated heterocycles. The second kappa shape index (κ2) is 12.9. The van der Waals surface area contributed by atoms with E-state index in [9.17, 15) is 18.4 Å². The lowest BCUT2D eigenvalue weighted by Crippen LogP contribution is -2.19. The van der Waals surface area contributed by atoms with E-state index in [0.717, 1.165) is 29.2 Å². The highest BCUT2D eigenvalue weighted by Crippen LogP contribution is 2.35. The minimum absolute atomic E-state index is 0.000800. The van der Waals surface area contributed by atoms with Gasteiger partial charge in [-0.05, 0) is 30.7 Å². The highest BCUT2D eigenvalue weighted by Gasteiger charge is 2.22. The molecule has 4 heterocycles. The van der Waals surface area contributed by atoms with Gasteiger partial charge in [-0.3, -0.25) is 29.4 Å². The van der Waals surface area contributed by atoms with Crippen LogP contribution in [-0.4, -0.2) is 51.0 Å². The van der Waals surface area contributed by atoms with Crippen molar-refractivity contribution in [3.05, 3.63) is 87.0 Å². The lowest BCUT2D eigenvalue weighted by atomic mass is 10.00. The first-order valence-corrected chi connectivity index (χ1v) is 12.7. The Morgan fingerprint density at radius 2 is 2.02 bits per heavy atom. The van der Waals surface area contributed by atoms with Crippen LogP contribution in [0.3, 0.4) is 0 Å². The molecular weight excluding hydrogens is 558 g/mol. The Morgan fingerprint density at radius 1 is 1.22 bits per heavy atom. The Hall–Kier alpha value is -5.05. The highest BCUT2D eigenvalue weighted by molar-refractivity contribution is 7.15. The smallest absolute Gasteiger partial charge is 0.280 e. The van der Waals surface area contributed by atoms with E-state index >= 15 is 0 Å². The summed E-state index contributed by atoms with van der Waals surface area (Å²) in [7, 11) is 2.91. The molecule has 3 N–H and O–H groups in total. The van der Waals surface area contributed by atoms with Crippen LogP contribution in [0.15, 0.2) is 64.6 Å². The van der Waals surface area contributed by atoms with E-state index in [1.54, 1.807) is 20.0 Å². The van der Waals surface area contributed by atoms with Crippen molar-refractivity contribution in [2.24, 2.45) is 10.7 Å². The van der Waals surface area contributed by atoms with Crippen LogP contribution >= 0.6 is 11.3 Å². The number of ether oxygens (including phenoxy) is 2. The number of carbonyl (C=O) groups excluding carboxylic acids is 1. The lowest BCUT2D eigenvalue weighted by Gasteiger charge is -2.15. The van der Waals surface area contributed by atoms with Gasteiger partial charge in [0.05, 0.1) is 25.1 Å². The quantitative estimate of drug-likeness (QED) is 0.210. The molecule has 4 aromatic heterocycles. The largest absolute Gasteiger partial charge is 0.494 e. The Balaban J connectivity index is 1.73. The topological polar surface area (TPSA) is 159 Å². The van der Waals surface area contributed by atoms with Crippen LogP contribution < -0.4 is 21.3 Å². The van der Waals surface area contributed by atoms with Crippen LogP contribution in [0.4, 0.5) is 13.9 Å². The first-order valence-electron chi connectivity index (χ1n) is 11.9. The summed E-state index contributed by atoms with van der Waals surface area (Å²) in [4.78, 5) is 37.9. The fraction of sp³-hybridized carbons (Fsp3) is 0.192. The van der Waals surface area contributed by atoms with Gasteiger partial charge >= 0.3 is 0 Å². The van der Waals surface area contributed by atoms with E-state index < -0.39 is 18.0 Å². The van der Waals surface area contributed by atoms with Gasteiger partial charge < -0.3 is 15.2 Å². The average Bonchev–Trinajstić information content (AvgIpc) is 3.41. The maximum absolute atomic E-state index is 13.6. The molecule has 0 aliphatic carbocycles. The van der Waals surface area contributed by atoms with Gasteiger partial charge in [-0.2, -0.15) is 0 Å². The number of amides is 1. The zero-order valence-electron chi connectivity index (χ0n) is 22.0. The third-order valence-corrected chi connectivity index (χ3v) is 6.36. The number of hydrogen-bond acceptors (Lipinski definition) is 11. The van der Waals surface area contributed by atoms with Gasteiger partial charge in [0.1, 0.15) is 23.9 Å². The molecule has 41 heavy (non-hydrogen) atoms. The van der Waals surface area contributed by atoms with Gasteiger partial charge in [0.15, 0.2) is 10.8 Å². The summed E-state index contributed by atoms with van der Waals surface area (Å²) in [5.41, 5.74) is 5.66. The number of allylic oxidation sites excluding steroid dienone is 1. The van der Waals surface area contributed by atoms with Gasteiger partial charge in [0, 0.05) is 42.8 Å². The zero-order chi connectivity index (χ0) is 29.5. The van der Waals surface area contributed by atoms with Gasteiger partial charge in [-0.15, -0.1) is 10.2 Å². The summed E-state index contributed by atoms with van der Waals surface area (Å²) in [6, 6.07) is 5.69. The Kier molecular flexibility index (Phi) is 9.08. The van der Waals surface area contributed by atoms with Crippen molar-refractivity contribution < 1.29 is 23.0 Å². The molecule has 4 aromatic rings. The Labute approximate surface area is 236 Å². The van der Waals surface area contributed by atoms with E-state index in [1.807, 2.05) is 0 Å². The summed E-state index contributed by atoms with van der Waals surface area (Å²) in [6.07, 6.45) is 3.70. The maximum atomic E-state index is 13.6. The number of aryl methyl sites for hydroxylation is 1. The molecule has 15 heteroatoms. The fourth-order valence-corrected chi connectivity index (χ4v) is 4.27. The number of halogens is 2. The number of alkyl halides is 2. The van der Waals surface area contributed by atoms with Crippen LogP contribution in [0.25, 0.3) is 16.9 Å². The fourth-order valence-electron chi connectivity index (χ4n) is 3.63. The highest BCUT2D eigenvalue weighted by atomic mass is 32.1. The van der Waals surface area contributed by atoms with Crippen LogP contribution in [0.2, 0.25) is 0 Å². The number of aromatic nitrogens is 5. The van der Waals surface area contributed by atoms with E-state index in [0.29, 0.717) is 10.8 Å². The molecule has 0 unspecified atom stereocenters. The molecule has 0 aliphatic heterocycles. The number of pyridine rings is 3. The number of anilines is 1. The molecule has 12 nitrogen and oxygen atoms in total. The molecule has 0 saturated carbocycles. The standard InChI is InChI=1S/C26H24F2N8O4S/c1-14-4-5-36(23(37)6-14)21-8-16(17-7-19(24(27)28)31-12-20(17)39-3)18(11-32-21)25(38)33-26-35-34-22(41-26)13-40-15(9-29)10-30-2/h4-12,24H,13,29H2,1-3H3,(H,33,35,38)/b15-9+,30-10?. The molecule has 0 aromatic carbocycles. The predicted molar refractivity (Wildman–Crippen MR) is 149 cm³/mol. The summed E-state index contributed by atoms with van der Waals surface area (Å²) < 4.78 is 39.3. The van der Waals surface area contributed by atoms with Crippen molar-refractivity contribution in [3.8, 4) is 22.7 Å². The van der Waals surface area contributed by atoms with Crippen molar-refractivity contribution in [1.29, 1.82) is 0 Å². The third-order valence-electron chi connectivity index (χ3n) is 5.55. The number of nitrogens with zero attached hydrogens (tertiary/aromatic N) is 6. The Bertz CT molecular complexity index is 1690. The van der Waals surface area contributed by atoms with Crippen molar-refractivity contribution in [2.45, 2.75) is 20.0 Å². The average molecular weight is 583 g/mol. The van der Waals surface area contributed by atoms with E-state index in [-0.39, 0.29) is 45.6 Å². The number of carbonyl (C=O) groups is 1. The minimum atomic E-state index is -2.88.